The SMILES string of the molecule is O=C1CCC(=O)N1OCCOc1ccc2ccccc2c1Br. The zero-order chi connectivity index (χ0) is 15.5. The van der Waals surface area contributed by atoms with Gasteiger partial charge in [-0.2, -0.15) is 5.06 Å². The van der Waals surface area contributed by atoms with Gasteiger partial charge in [0, 0.05) is 12.8 Å². The Kier molecular flexibility index (Phi) is 4.40. The molecule has 1 aliphatic heterocycles. The van der Waals surface area contributed by atoms with E-state index in [9.17, 15) is 9.59 Å². The van der Waals surface area contributed by atoms with Crippen LogP contribution in [-0.4, -0.2) is 30.1 Å². The van der Waals surface area contributed by atoms with Crippen LogP contribution in [0.2, 0.25) is 0 Å². The monoisotopic (exact) mass is 363 g/mol. The number of rotatable bonds is 5. The van der Waals surface area contributed by atoms with Crippen molar-refractivity contribution >= 4 is 38.5 Å². The average Bonchev–Trinajstić information content (AvgIpc) is 2.85. The predicted octanol–water partition coefficient (Wildman–Crippen LogP) is 3.06. The summed E-state index contributed by atoms with van der Waals surface area (Å²) in [5, 5.41) is 3.01. The topological polar surface area (TPSA) is 55.8 Å². The molecule has 6 heteroatoms. The number of imide groups is 1. The first-order valence-corrected chi connectivity index (χ1v) is 7.75. The van der Waals surface area contributed by atoms with Crippen LogP contribution in [0, 0.1) is 0 Å². The molecule has 0 radical (unpaired) electrons. The molecule has 0 N–H and O–H groups in total. The highest BCUT2D eigenvalue weighted by Crippen LogP contribution is 2.32. The summed E-state index contributed by atoms with van der Waals surface area (Å²) < 4.78 is 6.53. The number of halogens is 1. The molecule has 1 fully saturated rings. The number of ether oxygens (including phenoxy) is 1. The summed E-state index contributed by atoms with van der Waals surface area (Å²) in [5.41, 5.74) is 0. The Hall–Kier alpha value is -1.92. The third-order valence-corrected chi connectivity index (χ3v) is 4.21. The van der Waals surface area contributed by atoms with E-state index in [1.54, 1.807) is 0 Å². The van der Waals surface area contributed by atoms with Crippen LogP contribution in [0.15, 0.2) is 40.9 Å². The van der Waals surface area contributed by atoms with Crippen molar-refractivity contribution in [2.75, 3.05) is 13.2 Å². The Morgan fingerprint density at radius 1 is 1.00 bits per heavy atom. The van der Waals surface area contributed by atoms with Crippen LogP contribution in [0.1, 0.15) is 12.8 Å². The quantitative estimate of drug-likeness (QED) is 0.605. The molecular formula is C16H14BrNO4. The van der Waals surface area contributed by atoms with E-state index in [1.807, 2.05) is 36.4 Å². The number of carbonyl (C=O) groups is 2. The van der Waals surface area contributed by atoms with Crippen molar-refractivity contribution in [3.63, 3.8) is 0 Å². The number of amides is 2. The molecule has 1 saturated heterocycles. The lowest BCUT2D eigenvalue weighted by Gasteiger charge is -2.14. The molecule has 1 heterocycles. The fourth-order valence-electron chi connectivity index (χ4n) is 2.31. The maximum absolute atomic E-state index is 11.4. The van der Waals surface area contributed by atoms with Crippen molar-refractivity contribution in [3.8, 4) is 5.75 Å². The first-order chi connectivity index (χ1) is 10.7. The van der Waals surface area contributed by atoms with Crippen molar-refractivity contribution in [3.05, 3.63) is 40.9 Å². The molecule has 3 rings (SSSR count). The molecule has 0 aromatic heterocycles. The molecule has 0 spiro atoms. The Bertz CT molecular complexity index is 715. The van der Waals surface area contributed by atoms with E-state index in [1.165, 1.54) is 0 Å². The van der Waals surface area contributed by atoms with Gasteiger partial charge in [-0.15, -0.1) is 0 Å². The van der Waals surface area contributed by atoms with Crippen LogP contribution < -0.4 is 4.74 Å². The summed E-state index contributed by atoms with van der Waals surface area (Å²) >= 11 is 3.53. The number of hydrogen-bond donors (Lipinski definition) is 0. The lowest BCUT2D eigenvalue weighted by atomic mass is 10.1. The van der Waals surface area contributed by atoms with Crippen LogP contribution in [0.5, 0.6) is 5.75 Å². The molecule has 0 saturated carbocycles. The van der Waals surface area contributed by atoms with E-state index in [-0.39, 0.29) is 37.9 Å². The molecule has 0 atom stereocenters. The van der Waals surface area contributed by atoms with Gasteiger partial charge < -0.3 is 4.74 Å². The summed E-state index contributed by atoms with van der Waals surface area (Å²) in [6.07, 6.45) is 0.436. The number of hydrogen-bond acceptors (Lipinski definition) is 4. The average molecular weight is 364 g/mol. The summed E-state index contributed by atoms with van der Waals surface area (Å²) in [6, 6.07) is 11.8. The van der Waals surface area contributed by atoms with Gasteiger partial charge in [-0.1, -0.05) is 30.3 Å². The summed E-state index contributed by atoms with van der Waals surface area (Å²) in [4.78, 5) is 27.9. The molecule has 0 aliphatic carbocycles. The number of carbonyl (C=O) groups excluding carboxylic acids is 2. The molecule has 114 valence electrons. The van der Waals surface area contributed by atoms with Crippen molar-refractivity contribution in [1.29, 1.82) is 0 Å². The van der Waals surface area contributed by atoms with Crippen molar-refractivity contribution in [2.24, 2.45) is 0 Å². The van der Waals surface area contributed by atoms with Crippen molar-refractivity contribution in [2.45, 2.75) is 12.8 Å². The van der Waals surface area contributed by atoms with Gasteiger partial charge in [-0.3, -0.25) is 14.4 Å². The highest BCUT2D eigenvalue weighted by atomic mass is 79.9. The minimum atomic E-state index is -0.295. The van der Waals surface area contributed by atoms with Gasteiger partial charge in [0.1, 0.15) is 19.0 Å². The third-order valence-electron chi connectivity index (χ3n) is 3.39. The van der Waals surface area contributed by atoms with Crippen molar-refractivity contribution < 1.29 is 19.2 Å². The highest BCUT2D eigenvalue weighted by molar-refractivity contribution is 9.10. The van der Waals surface area contributed by atoms with E-state index < -0.39 is 0 Å². The smallest absolute Gasteiger partial charge is 0.253 e. The number of nitrogens with zero attached hydrogens (tertiary/aromatic N) is 1. The van der Waals surface area contributed by atoms with Crippen molar-refractivity contribution in [1.82, 2.24) is 5.06 Å². The standard InChI is InChI=1S/C16H14BrNO4/c17-16-12-4-2-1-3-11(12)5-6-13(16)21-9-10-22-18-14(19)7-8-15(18)20/h1-6H,7-10H2. The van der Waals surface area contributed by atoms with Gasteiger partial charge in [-0.25, -0.2) is 0 Å². The number of fused-ring (bicyclic) bond motifs is 1. The molecule has 1 aliphatic rings. The lowest BCUT2D eigenvalue weighted by molar-refractivity contribution is -0.189. The molecule has 0 bridgehead atoms. The van der Waals surface area contributed by atoms with Gasteiger partial charge in [0.15, 0.2) is 0 Å². The predicted molar refractivity (Wildman–Crippen MR) is 84.2 cm³/mol. The first kappa shape index (κ1) is 15.0. The number of benzene rings is 2. The van der Waals surface area contributed by atoms with Gasteiger partial charge in [0.25, 0.3) is 11.8 Å². The summed E-state index contributed by atoms with van der Waals surface area (Å²) in [6.45, 7) is 0.380. The summed E-state index contributed by atoms with van der Waals surface area (Å²) in [7, 11) is 0. The third kappa shape index (κ3) is 2.98. The fraction of sp³-hybridized carbons (Fsp3) is 0.250. The van der Waals surface area contributed by atoms with E-state index in [0.717, 1.165) is 20.3 Å². The normalized spacial score (nSPS) is 14.9. The van der Waals surface area contributed by atoms with Gasteiger partial charge >= 0.3 is 0 Å². The molecule has 0 unspecified atom stereocenters. The zero-order valence-electron chi connectivity index (χ0n) is 11.8. The fourth-order valence-corrected chi connectivity index (χ4v) is 2.91. The minimum Gasteiger partial charge on any atom is -0.490 e. The van der Waals surface area contributed by atoms with E-state index in [0.29, 0.717) is 5.75 Å². The molecule has 2 aromatic carbocycles. The van der Waals surface area contributed by atoms with Gasteiger partial charge in [-0.05, 0) is 32.8 Å². The van der Waals surface area contributed by atoms with Crippen LogP contribution in [0.4, 0.5) is 0 Å². The van der Waals surface area contributed by atoms with Crippen LogP contribution in [0.25, 0.3) is 10.8 Å². The maximum Gasteiger partial charge on any atom is 0.253 e. The Labute approximate surface area is 135 Å². The second kappa shape index (κ2) is 6.46. The minimum absolute atomic E-state index is 0.136. The van der Waals surface area contributed by atoms with E-state index >= 15 is 0 Å². The molecule has 2 amide bonds. The molecule has 5 nitrogen and oxygen atoms in total. The second-order valence-electron chi connectivity index (χ2n) is 4.86. The second-order valence-corrected chi connectivity index (χ2v) is 5.66. The van der Waals surface area contributed by atoms with Crippen LogP contribution in [0.3, 0.4) is 0 Å². The van der Waals surface area contributed by atoms with Crippen LogP contribution in [-0.2, 0) is 14.4 Å². The maximum atomic E-state index is 11.4. The largest absolute Gasteiger partial charge is 0.490 e. The molecular weight excluding hydrogens is 350 g/mol. The zero-order valence-corrected chi connectivity index (χ0v) is 13.3. The molecule has 2 aromatic rings. The lowest BCUT2D eigenvalue weighted by Crippen LogP contribution is -2.30. The molecule has 22 heavy (non-hydrogen) atoms. The van der Waals surface area contributed by atoms with E-state index in [2.05, 4.69) is 15.9 Å². The Morgan fingerprint density at radius 3 is 2.50 bits per heavy atom. The Balaban J connectivity index is 1.59. The van der Waals surface area contributed by atoms with Gasteiger partial charge in [0.05, 0.1) is 4.47 Å². The van der Waals surface area contributed by atoms with Crippen LogP contribution >= 0.6 is 15.9 Å². The first-order valence-electron chi connectivity index (χ1n) is 6.95. The number of hydroxylamine groups is 2. The van der Waals surface area contributed by atoms with Gasteiger partial charge in [0.2, 0.25) is 0 Å². The Morgan fingerprint density at radius 2 is 1.73 bits per heavy atom. The highest BCUT2D eigenvalue weighted by Gasteiger charge is 2.30. The summed E-state index contributed by atoms with van der Waals surface area (Å²) in [5.74, 6) is 0.107. The van der Waals surface area contributed by atoms with E-state index in [4.69, 9.17) is 9.57 Å².